The van der Waals surface area contributed by atoms with E-state index in [4.69, 9.17) is 0 Å². The summed E-state index contributed by atoms with van der Waals surface area (Å²) >= 11 is 0. The van der Waals surface area contributed by atoms with Gasteiger partial charge in [-0.15, -0.1) is 0 Å². The summed E-state index contributed by atoms with van der Waals surface area (Å²) in [6, 6.07) is 15.1. The van der Waals surface area contributed by atoms with Gasteiger partial charge >= 0.3 is 0 Å². The number of fused-ring (bicyclic) bond motifs is 1. The molecule has 0 fully saturated rings. The number of rotatable bonds is 5. The quantitative estimate of drug-likeness (QED) is 0.687. The molecule has 1 N–H and O–H groups in total. The van der Waals surface area contributed by atoms with E-state index in [1.807, 2.05) is 30.3 Å². The fourth-order valence-corrected chi connectivity index (χ4v) is 3.76. The number of pyridine rings is 1. The molecule has 0 aliphatic carbocycles. The van der Waals surface area contributed by atoms with Gasteiger partial charge in [-0.1, -0.05) is 6.07 Å². The number of hydrogen-bond acceptors (Lipinski definition) is 4. The zero-order valence-electron chi connectivity index (χ0n) is 17.4. The Morgan fingerprint density at radius 3 is 2.71 bits per heavy atom. The molecule has 2 heterocycles. The van der Waals surface area contributed by atoms with Crippen LogP contribution in [0.25, 0.3) is 0 Å². The van der Waals surface area contributed by atoms with Crippen molar-refractivity contribution in [1.29, 1.82) is 0 Å². The van der Waals surface area contributed by atoms with Crippen LogP contribution in [0.5, 0.6) is 0 Å². The lowest BCUT2D eigenvalue weighted by atomic mass is 10.1. The molecular formula is C24H23FN4O2. The molecule has 31 heavy (non-hydrogen) atoms. The molecular weight excluding hydrogens is 395 g/mol. The van der Waals surface area contributed by atoms with E-state index in [1.165, 1.54) is 18.2 Å². The number of benzene rings is 2. The second-order valence-electron chi connectivity index (χ2n) is 7.65. The van der Waals surface area contributed by atoms with Gasteiger partial charge in [0.05, 0.1) is 17.7 Å². The van der Waals surface area contributed by atoms with Crippen LogP contribution in [0.15, 0.2) is 60.8 Å². The van der Waals surface area contributed by atoms with Crippen molar-refractivity contribution in [3.8, 4) is 0 Å². The SMILES string of the molecule is CN(C)c1cc(F)ccc1C(=O)Nc1ccc2c(c1)CCN2C(=O)Cc1ccccn1. The highest BCUT2D eigenvalue weighted by Crippen LogP contribution is 2.31. The number of carbonyl (C=O) groups excluding carboxylic acids is 2. The molecule has 4 rings (SSSR count). The van der Waals surface area contributed by atoms with Crippen molar-refractivity contribution >= 4 is 28.9 Å². The lowest BCUT2D eigenvalue weighted by molar-refractivity contribution is -0.117. The molecule has 0 saturated carbocycles. The van der Waals surface area contributed by atoms with Gasteiger partial charge in [0.25, 0.3) is 5.91 Å². The molecule has 0 unspecified atom stereocenters. The van der Waals surface area contributed by atoms with Crippen LogP contribution in [0.4, 0.5) is 21.5 Å². The Kier molecular flexibility index (Phi) is 5.66. The fraction of sp³-hybridized carbons (Fsp3) is 0.208. The van der Waals surface area contributed by atoms with Gasteiger partial charge in [-0.3, -0.25) is 14.6 Å². The maximum absolute atomic E-state index is 13.6. The van der Waals surface area contributed by atoms with E-state index in [2.05, 4.69) is 10.3 Å². The van der Waals surface area contributed by atoms with Crippen LogP contribution in [0.1, 0.15) is 21.6 Å². The molecule has 2 amide bonds. The van der Waals surface area contributed by atoms with Crippen molar-refractivity contribution in [2.75, 3.05) is 35.8 Å². The molecule has 1 aliphatic rings. The van der Waals surface area contributed by atoms with Crippen LogP contribution in [0.3, 0.4) is 0 Å². The van der Waals surface area contributed by atoms with Crippen molar-refractivity contribution in [2.24, 2.45) is 0 Å². The molecule has 1 aromatic heterocycles. The van der Waals surface area contributed by atoms with Crippen molar-refractivity contribution in [3.63, 3.8) is 0 Å². The Bertz CT molecular complexity index is 1130. The molecule has 2 aromatic carbocycles. The third kappa shape index (κ3) is 4.40. The minimum absolute atomic E-state index is 0.00354. The zero-order chi connectivity index (χ0) is 22.0. The summed E-state index contributed by atoms with van der Waals surface area (Å²) in [5.74, 6) is -0.714. The lowest BCUT2D eigenvalue weighted by Crippen LogP contribution is -2.30. The highest BCUT2D eigenvalue weighted by molar-refractivity contribution is 6.08. The largest absolute Gasteiger partial charge is 0.377 e. The summed E-state index contributed by atoms with van der Waals surface area (Å²) in [6.07, 6.45) is 2.64. The molecule has 0 spiro atoms. The molecule has 0 radical (unpaired) electrons. The number of nitrogens with zero attached hydrogens (tertiary/aromatic N) is 3. The van der Waals surface area contributed by atoms with Gasteiger partial charge in [0.1, 0.15) is 5.82 Å². The Labute approximate surface area is 180 Å². The summed E-state index contributed by atoms with van der Waals surface area (Å²) in [4.78, 5) is 33.2. The van der Waals surface area contributed by atoms with Crippen molar-refractivity contribution in [3.05, 3.63) is 83.4 Å². The first-order valence-corrected chi connectivity index (χ1v) is 10.0. The number of anilines is 3. The number of aromatic nitrogens is 1. The van der Waals surface area contributed by atoms with Gasteiger partial charge in [0.2, 0.25) is 5.91 Å². The average molecular weight is 418 g/mol. The highest BCUT2D eigenvalue weighted by atomic mass is 19.1. The number of halogens is 1. The first kappa shape index (κ1) is 20.5. The summed E-state index contributed by atoms with van der Waals surface area (Å²) in [5, 5.41) is 2.89. The van der Waals surface area contributed by atoms with Crippen LogP contribution in [-0.4, -0.2) is 37.4 Å². The predicted molar refractivity (Wildman–Crippen MR) is 119 cm³/mol. The first-order valence-electron chi connectivity index (χ1n) is 10.0. The normalized spacial score (nSPS) is 12.4. The summed E-state index contributed by atoms with van der Waals surface area (Å²) in [7, 11) is 3.52. The standard InChI is InChI=1S/C24H23FN4O2/c1-28(2)22-14-17(25)6-8-20(22)24(31)27-19-7-9-21-16(13-19)10-12-29(21)23(30)15-18-5-3-4-11-26-18/h3-9,11,13-14H,10,12,15H2,1-2H3,(H,27,31). The molecule has 0 bridgehead atoms. The minimum Gasteiger partial charge on any atom is -0.377 e. The molecule has 7 heteroatoms. The van der Waals surface area contributed by atoms with E-state index in [-0.39, 0.29) is 18.2 Å². The average Bonchev–Trinajstić information content (AvgIpc) is 3.17. The predicted octanol–water partition coefficient (Wildman–Crippen LogP) is 3.67. The van der Waals surface area contributed by atoms with Crippen LogP contribution < -0.4 is 15.1 Å². The Balaban J connectivity index is 1.50. The lowest BCUT2D eigenvalue weighted by Gasteiger charge is -2.18. The van der Waals surface area contributed by atoms with Gasteiger partial charge in [0, 0.05) is 43.9 Å². The van der Waals surface area contributed by atoms with Crippen molar-refractivity contribution in [1.82, 2.24) is 4.98 Å². The first-order chi connectivity index (χ1) is 14.9. The number of hydrogen-bond donors (Lipinski definition) is 1. The topological polar surface area (TPSA) is 65.5 Å². The maximum atomic E-state index is 13.6. The van der Waals surface area contributed by atoms with E-state index >= 15 is 0 Å². The smallest absolute Gasteiger partial charge is 0.257 e. The van der Waals surface area contributed by atoms with E-state index in [0.29, 0.717) is 29.9 Å². The van der Waals surface area contributed by atoms with E-state index in [9.17, 15) is 14.0 Å². The number of amides is 2. The fourth-order valence-electron chi connectivity index (χ4n) is 3.76. The third-order valence-corrected chi connectivity index (χ3v) is 5.28. The summed E-state index contributed by atoms with van der Waals surface area (Å²) in [5.41, 5.74) is 4.12. The Morgan fingerprint density at radius 2 is 1.97 bits per heavy atom. The van der Waals surface area contributed by atoms with Crippen molar-refractivity contribution in [2.45, 2.75) is 12.8 Å². The third-order valence-electron chi connectivity index (χ3n) is 5.28. The van der Waals surface area contributed by atoms with Gasteiger partial charge in [0.15, 0.2) is 0 Å². The summed E-state index contributed by atoms with van der Waals surface area (Å²) < 4.78 is 13.6. The van der Waals surface area contributed by atoms with Crippen molar-refractivity contribution < 1.29 is 14.0 Å². The Morgan fingerprint density at radius 1 is 1.13 bits per heavy atom. The number of nitrogens with one attached hydrogen (secondary N) is 1. The maximum Gasteiger partial charge on any atom is 0.257 e. The van der Waals surface area contributed by atoms with E-state index in [0.717, 1.165) is 16.9 Å². The monoisotopic (exact) mass is 418 g/mol. The van der Waals surface area contributed by atoms with Gasteiger partial charge in [-0.05, 0) is 60.5 Å². The second kappa shape index (κ2) is 8.55. The number of carbonyl (C=O) groups is 2. The highest BCUT2D eigenvalue weighted by Gasteiger charge is 2.25. The summed E-state index contributed by atoms with van der Waals surface area (Å²) in [6.45, 7) is 0.598. The van der Waals surface area contributed by atoms with E-state index in [1.54, 1.807) is 36.2 Å². The van der Waals surface area contributed by atoms with Gasteiger partial charge < -0.3 is 15.1 Å². The molecule has 0 atom stereocenters. The second-order valence-corrected chi connectivity index (χ2v) is 7.65. The van der Waals surface area contributed by atoms with Crippen LogP contribution in [0, 0.1) is 5.82 Å². The van der Waals surface area contributed by atoms with Gasteiger partial charge in [-0.2, -0.15) is 0 Å². The van der Waals surface area contributed by atoms with Gasteiger partial charge in [-0.25, -0.2) is 4.39 Å². The molecule has 6 nitrogen and oxygen atoms in total. The molecule has 1 aliphatic heterocycles. The molecule has 158 valence electrons. The molecule has 0 saturated heterocycles. The molecule has 3 aromatic rings. The Hall–Kier alpha value is -3.74. The zero-order valence-corrected chi connectivity index (χ0v) is 17.4. The minimum atomic E-state index is -0.395. The van der Waals surface area contributed by atoms with Crippen LogP contribution >= 0.6 is 0 Å². The van der Waals surface area contributed by atoms with E-state index < -0.39 is 5.82 Å². The van der Waals surface area contributed by atoms with Crippen LogP contribution in [-0.2, 0) is 17.6 Å². The van der Waals surface area contributed by atoms with Crippen LogP contribution in [0.2, 0.25) is 0 Å².